The fraction of sp³-hybridized carbons (Fsp3) is 0.261. The Morgan fingerprint density at radius 3 is 2.76 bits per heavy atom. The number of amides is 3. The first-order chi connectivity index (χ1) is 15.9. The van der Waals surface area contributed by atoms with E-state index in [0.29, 0.717) is 41.7 Å². The maximum Gasteiger partial charge on any atom is 0.324 e. The number of nitrogens with one attached hydrogen (secondary N) is 2. The molecule has 1 aliphatic rings. The SMILES string of the molecule is Cc1ccc(NC(=O)Nc2cncc(-c3ccc(OC[C@@H]4CC(=O)N(C)C4)c(Cl)c3)n2)cn1. The minimum absolute atomic E-state index is 0.126. The molecule has 0 bridgehead atoms. The quantitative estimate of drug-likeness (QED) is 0.568. The van der Waals surface area contributed by atoms with E-state index in [9.17, 15) is 9.59 Å². The molecule has 0 unspecified atom stereocenters. The highest BCUT2D eigenvalue weighted by atomic mass is 35.5. The van der Waals surface area contributed by atoms with Crippen molar-refractivity contribution < 1.29 is 14.3 Å². The number of pyridine rings is 1. The van der Waals surface area contributed by atoms with Crippen LogP contribution in [0.5, 0.6) is 5.75 Å². The minimum atomic E-state index is -0.454. The second-order valence-electron chi connectivity index (χ2n) is 7.86. The van der Waals surface area contributed by atoms with Gasteiger partial charge in [0, 0.05) is 37.2 Å². The summed E-state index contributed by atoms with van der Waals surface area (Å²) in [5, 5.41) is 5.78. The van der Waals surface area contributed by atoms with E-state index in [0.717, 1.165) is 11.3 Å². The predicted molar refractivity (Wildman–Crippen MR) is 125 cm³/mol. The third kappa shape index (κ3) is 5.75. The number of hydrogen-bond donors (Lipinski definition) is 2. The molecule has 1 saturated heterocycles. The summed E-state index contributed by atoms with van der Waals surface area (Å²) in [5.74, 6) is 1.10. The van der Waals surface area contributed by atoms with Gasteiger partial charge in [0.2, 0.25) is 5.91 Å². The topological polar surface area (TPSA) is 109 Å². The van der Waals surface area contributed by atoms with Crippen LogP contribution in [0.4, 0.5) is 16.3 Å². The molecule has 3 aromatic rings. The molecule has 3 heterocycles. The highest BCUT2D eigenvalue weighted by Crippen LogP contribution is 2.31. The Morgan fingerprint density at radius 2 is 2.06 bits per heavy atom. The van der Waals surface area contributed by atoms with Crippen LogP contribution in [-0.4, -0.2) is 52.0 Å². The van der Waals surface area contributed by atoms with E-state index in [1.165, 1.54) is 6.20 Å². The molecule has 33 heavy (non-hydrogen) atoms. The molecule has 170 valence electrons. The number of hydrogen-bond acceptors (Lipinski definition) is 6. The number of rotatable bonds is 6. The number of ether oxygens (including phenoxy) is 1. The van der Waals surface area contributed by atoms with Gasteiger partial charge in [-0.05, 0) is 37.3 Å². The van der Waals surface area contributed by atoms with E-state index in [4.69, 9.17) is 16.3 Å². The van der Waals surface area contributed by atoms with Crippen LogP contribution in [0.3, 0.4) is 0 Å². The number of halogens is 1. The van der Waals surface area contributed by atoms with Crippen molar-refractivity contribution >= 4 is 35.0 Å². The van der Waals surface area contributed by atoms with Gasteiger partial charge in [-0.15, -0.1) is 0 Å². The Kier molecular flexibility index (Phi) is 6.69. The summed E-state index contributed by atoms with van der Waals surface area (Å²) in [7, 11) is 1.79. The summed E-state index contributed by atoms with van der Waals surface area (Å²) in [6.45, 7) is 2.96. The molecule has 2 N–H and O–H groups in total. The molecule has 0 radical (unpaired) electrons. The van der Waals surface area contributed by atoms with Crippen LogP contribution < -0.4 is 15.4 Å². The number of anilines is 2. The van der Waals surface area contributed by atoms with Crippen LogP contribution in [0.25, 0.3) is 11.3 Å². The molecule has 0 saturated carbocycles. The number of carbonyl (C=O) groups excluding carboxylic acids is 2. The summed E-state index contributed by atoms with van der Waals surface area (Å²) < 4.78 is 5.83. The van der Waals surface area contributed by atoms with Crippen LogP contribution in [0.15, 0.2) is 48.9 Å². The van der Waals surface area contributed by atoms with Crippen molar-refractivity contribution in [1.82, 2.24) is 19.9 Å². The second-order valence-corrected chi connectivity index (χ2v) is 8.26. The summed E-state index contributed by atoms with van der Waals surface area (Å²) in [5.41, 5.74) is 2.69. The van der Waals surface area contributed by atoms with Crippen molar-refractivity contribution in [3.8, 4) is 17.0 Å². The van der Waals surface area contributed by atoms with E-state index < -0.39 is 6.03 Å². The van der Waals surface area contributed by atoms with Crippen molar-refractivity contribution in [2.24, 2.45) is 5.92 Å². The largest absolute Gasteiger partial charge is 0.492 e. The maximum absolute atomic E-state index is 12.3. The Bertz CT molecular complexity index is 1170. The molecule has 1 aliphatic heterocycles. The number of aromatic nitrogens is 3. The Labute approximate surface area is 196 Å². The van der Waals surface area contributed by atoms with Gasteiger partial charge in [-0.1, -0.05) is 11.6 Å². The molecule has 2 aromatic heterocycles. The van der Waals surface area contributed by atoms with Crippen molar-refractivity contribution in [3.63, 3.8) is 0 Å². The number of nitrogens with zero attached hydrogens (tertiary/aromatic N) is 4. The normalized spacial score (nSPS) is 15.4. The van der Waals surface area contributed by atoms with Gasteiger partial charge in [-0.2, -0.15) is 0 Å². The average molecular weight is 467 g/mol. The third-order valence-corrected chi connectivity index (χ3v) is 5.46. The lowest BCUT2D eigenvalue weighted by Gasteiger charge is -2.13. The lowest BCUT2D eigenvalue weighted by molar-refractivity contribution is -0.126. The van der Waals surface area contributed by atoms with Crippen LogP contribution in [0, 0.1) is 12.8 Å². The Morgan fingerprint density at radius 1 is 1.21 bits per heavy atom. The number of benzene rings is 1. The second kappa shape index (κ2) is 9.83. The zero-order chi connectivity index (χ0) is 23.4. The van der Waals surface area contributed by atoms with Crippen LogP contribution >= 0.6 is 11.6 Å². The first kappa shape index (κ1) is 22.5. The van der Waals surface area contributed by atoms with Gasteiger partial charge in [-0.25, -0.2) is 9.78 Å². The summed E-state index contributed by atoms with van der Waals surface area (Å²) in [6.07, 6.45) is 5.09. The van der Waals surface area contributed by atoms with Gasteiger partial charge in [0.05, 0.1) is 41.6 Å². The van der Waals surface area contributed by atoms with Crippen LogP contribution in [0.2, 0.25) is 5.02 Å². The van der Waals surface area contributed by atoms with E-state index in [2.05, 4.69) is 25.6 Å². The number of aryl methyl sites for hydroxylation is 1. The van der Waals surface area contributed by atoms with Crippen LogP contribution in [-0.2, 0) is 4.79 Å². The van der Waals surface area contributed by atoms with Gasteiger partial charge >= 0.3 is 6.03 Å². The predicted octanol–water partition coefficient (Wildman–Crippen LogP) is 4.00. The third-order valence-electron chi connectivity index (χ3n) is 5.17. The Hall–Kier alpha value is -3.72. The zero-order valence-electron chi connectivity index (χ0n) is 18.2. The summed E-state index contributed by atoms with van der Waals surface area (Å²) >= 11 is 6.41. The fourth-order valence-electron chi connectivity index (χ4n) is 3.44. The van der Waals surface area contributed by atoms with E-state index in [1.54, 1.807) is 48.6 Å². The molecule has 0 spiro atoms. The lowest BCUT2D eigenvalue weighted by Crippen LogP contribution is -2.20. The van der Waals surface area contributed by atoms with Gasteiger partial charge < -0.3 is 15.0 Å². The van der Waals surface area contributed by atoms with Gasteiger partial charge in [0.1, 0.15) is 5.75 Å². The molecule has 4 rings (SSSR count). The first-order valence-electron chi connectivity index (χ1n) is 10.4. The number of urea groups is 1. The lowest BCUT2D eigenvalue weighted by atomic mass is 10.1. The fourth-order valence-corrected chi connectivity index (χ4v) is 3.67. The summed E-state index contributed by atoms with van der Waals surface area (Å²) in [4.78, 5) is 38.4. The standard InChI is InChI=1S/C23H23ClN6O3/c1-14-3-5-17(9-26-14)27-23(32)29-21-11-25-10-19(28-21)16-4-6-20(18(24)8-16)33-13-15-7-22(31)30(2)12-15/h3-6,8-11,15H,7,12-13H2,1-2H3,(H2,27,28,29,32)/t15-/m1/s1. The molecule has 1 aromatic carbocycles. The van der Waals surface area contributed by atoms with E-state index in [1.807, 2.05) is 13.0 Å². The molecule has 1 atom stereocenters. The molecule has 10 heteroatoms. The average Bonchev–Trinajstić information content (AvgIpc) is 3.11. The molecule has 1 fully saturated rings. The molecular formula is C23H23ClN6O3. The van der Waals surface area contributed by atoms with Crippen molar-refractivity contribution in [3.05, 3.63) is 59.6 Å². The summed E-state index contributed by atoms with van der Waals surface area (Å²) in [6, 6.07) is 8.42. The van der Waals surface area contributed by atoms with Crippen molar-refractivity contribution in [2.45, 2.75) is 13.3 Å². The van der Waals surface area contributed by atoms with Gasteiger partial charge in [-0.3, -0.25) is 20.1 Å². The highest BCUT2D eigenvalue weighted by molar-refractivity contribution is 6.32. The van der Waals surface area contributed by atoms with Crippen LogP contribution in [0.1, 0.15) is 12.1 Å². The van der Waals surface area contributed by atoms with Crippen molar-refractivity contribution in [1.29, 1.82) is 0 Å². The van der Waals surface area contributed by atoms with Gasteiger partial charge in [0.25, 0.3) is 0 Å². The number of likely N-dealkylation sites (tertiary alicyclic amines) is 1. The highest BCUT2D eigenvalue weighted by Gasteiger charge is 2.27. The molecule has 0 aliphatic carbocycles. The van der Waals surface area contributed by atoms with E-state index >= 15 is 0 Å². The monoisotopic (exact) mass is 466 g/mol. The minimum Gasteiger partial charge on any atom is -0.492 e. The maximum atomic E-state index is 12.3. The Balaban J connectivity index is 1.39. The smallest absolute Gasteiger partial charge is 0.324 e. The molecule has 9 nitrogen and oxygen atoms in total. The zero-order valence-corrected chi connectivity index (χ0v) is 19.0. The first-order valence-corrected chi connectivity index (χ1v) is 10.7. The molecule has 3 amide bonds. The van der Waals surface area contributed by atoms with E-state index in [-0.39, 0.29) is 17.6 Å². The van der Waals surface area contributed by atoms with Gasteiger partial charge in [0.15, 0.2) is 5.82 Å². The van der Waals surface area contributed by atoms with Crippen molar-refractivity contribution in [2.75, 3.05) is 30.8 Å². The molecular weight excluding hydrogens is 444 g/mol. The number of carbonyl (C=O) groups is 2.